The van der Waals surface area contributed by atoms with E-state index in [1.807, 2.05) is 20.0 Å². The predicted octanol–water partition coefficient (Wildman–Crippen LogP) is 2.57. The van der Waals surface area contributed by atoms with Crippen molar-refractivity contribution in [3.8, 4) is 0 Å². The van der Waals surface area contributed by atoms with Crippen LogP contribution in [0.4, 0.5) is 0 Å². The van der Waals surface area contributed by atoms with Crippen molar-refractivity contribution in [2.24, 2.45) is 10.9 Å². The van der Waals surface area contributed by atoms with Crippen LogP contribution in [0.1, 0.15) is 34.1 Å². The second kappa shape index (κ2) is 6.89. The molecule has 0 atom stereocenters. The second-order valence-corrected chi connectivity index (χ2v) is 3.62. The normalized spacial score (nSPS) is 10.8. The van der Waals surface area contributed by atoms with Gasteiger partial charge in [0.2, 0.25) is 0 Å². The maximum Gasteiger partial charge on any atom is 0.0878 e. The molecule has 0 amide bonds. The van der Waals surface area contributed by atoms with Crippen LogP contribution in [0.3, 0.4) is 0 Å². The lowest BCUT2D eigenvalue weighted by atomic mass is 10.1. The molecule has 0 bridgehead atoms. The fraction of sp³-hybridized carbons (Fsp3) is 0.700. The zero-order valence-corrected chi connectivity index (χ0v) is 8.59. The first-order valence-electron chi connectivity index (χ1n) is 4.51. The van der Waals surface area contributed by atoms with Crippen LogP contribution >= 0.6 is 0 Å². The molecule has 2 nitrogen and oxygen atoms in total. The van der Waals surface area contributed by atoms with E-state index in [0.29, 0.717) is 0 Å². The topological polar surface area (TPSA) is 24.4 Å². The van der Waals surface area contributed by atoms with Gasteiger partial charge in [-0.15, -0.1) is 0 Å². The van der Waals surface area contributed by atoms with Crippen LogP contribution in [0.2, 0.25) is 0 Å². The van der Waals surface area contributed by atoms with Crippen molar-refractivity contribution < 1.29 is 0 Å². The van der Waals surface area contributed by atoms with Gasteiger partial charge in [0.15, 0.2) is 0 Å². The molecular formula is C10H20N2. The molecule has 0 fully saturated rings. The summed E-state index contributed by atoms with van der Waals surface area (Å²) in [5, 5.41) is 3.14. The van der Waals surface area contributed by atoms with E-state index < -0.39 is 0 Å². The van der Waals surface area contributed by atoms with Gasteiger partial charge in [-0.1, -0.05) is 19.4 Å². The maximum atomic E-state index is 4.07. The summed E-state index contributed by atoms with van der Waals surface area (Å²) >= 11 is 0. The van der Waals surface area contributed by atoms with Gasteiger partial charge >= 0.3 is 0 Å². The van der Waals surface area contributed by atoms with Gasteiger partial charge in [-0.25, -0.2) is 4.99 Å². The molecule has 0 aliphatic carbocycles. The number of nitrogens with one attached hydrogen (secondary N) is 1. The summed E-state index contributed by atoms with van der Waals surface area (Å²) in [7, 11) is 0. The van der Waals surface area contributed by atoms with Crippen molar-refractivity contribution in [2.45, 2.75) is 34.1 Å². The number of hydrogen-bond acceptors (Lipinski definition) is 1. The third-order valence-electron chi connectivity index (χ3n) is 1.36. The van der Waals surface area contributed by atoms with Crippen molar-refractivity contribution in [1.29, 1.82) is 0 Å². The van der Waals surface area contributed by atoms with Crippen LogP contribution in [0.5, 0.6) is 0 Å². The average molecular weight is 168 g/mol. The van der Waals surface area contributed by atoms with E-state index >= 15 is 0 Å². The number of nitrogens with zero attached hydrogens (tertiary/aromatic N) is 1. The van der Waals surface area contributed by atoms with Crippen molar-refractivity contribution in [2.75, 3.05) is 6.54 Å². The molecule has 0 spiro atoms. The molecule has 1 N–H and O–H groups in total. The van der Waals surface area contributed by atoms with Gasteiger partial charge in [0, 0.05) is 12.7 Å². The van der Waals surface area contributed by atoms with Gasteiger partial charge in [-0.05, 0) is 26.2 Å². The first-order chi connectivity index (χ1) is 5.63. The van der Waals surface area contributed by atoms with Crippen LogP contribution in [0.25, 0.3) is 0 Å². The zero-order valence-electron chi connectivity index (χ0n) is 8.59. The highest BCUT2D eigenvalue weighted by Crippen LogP contribution is 1.95. The Morgan fingerprint density at radius 3 is 2.58 bits per heavy atom. The molecule has 0 aliphatic heterocycles. The minimum Gasteiger partial charge on any atom is -0.376 e. The largest absolute Gasteiger partial charge is 0.376 e. The molecule has 2 heteroatoms. The van der Waals surface area contributed by atoms with Crippen LogP contribution in [-0.4, -0.2) is 12.9 Å². The van der Waals surface area contributed by atoms with Gasteiger partial charge in [-0.3, -0.25) is 0 Å². The minimum atomic E-state index is 0.759. The number of aliphatic imine (C=N–C) groups is 1. The number of rotatable bonds is 5. The summed E-state index contributed by atoms with van der Waals surface area (Å²) in [6.45, 7) is 9.51. The predicted molar refractivity (Wildman–Crippen MR) is 55.4 cm³/mol. The Morgan fingerprint density at radius 1 is 1.42 bits per heavy atom. The number of hydrogen-bond donors (Lipinski definition) is 1. The molecule has 0 saturated heterocycles. The molecule has 0 saturated carbocycles. The minimum absolute atomic E-state index is 0.759. The van der Waals surface area contributed by atoms with Gasteiger partial charge in [-0.2, -0.15) is 0 Å². The highest BCUT2D eigenvalue weighted by molar-refractivity contribution is 5.55. The summed E-state index contributed by atoms with van der Waals surface area (Å²) in [6, 6.07) is 0. The van der Waals surface area contributed by atoms with Gasteiger partial charge in [0.1, 0.15) is 0 Å². The van der Waals surface area contributed by atoms with Crippen molar-refractivity contribution in [3.05, 3.63) is 11.8 Å². The van der Waals surface area contributed by atoms with Gasteiger partial charge in [0.25, 0.3) is 0 Å². The summed E-state index contributed by atoms with van der Waals surface area (Å²) in [5.41, 5.74) is 1.22. The maximum absolute atomic E-state index is 4.07. The molecule has 0 aromatic carbocycles. The lowest BCUT2D eigenvalue weighted by Gasteiger charge is -2.02. The Morgan fingerprint density at radius 2 is 2.08 bits per heavy atom. The van der Waals surface area contributed by atoms with E-state index in [9.17, 15) is 0 Å². The molecule has 0 rings (SSSR count). The third kappa shape index (κ3) is 9.21. The highest BCUT2D eigenvalue weighted by Gasteiger charge is 1.89. The Balaban J connectivity index is 3.31. The molecule has 0 aromatic rings. The van der Waals surface area contributed by atoms with E-state index in [-0.39, 0.29) is 0 Å². The summed E-state index contributed by atoms with van der Waals surface area (Å²) in [6.07, 6.45) is 4.80. The van der Waals surface area contributed by atoms with Crippen LogP contribution in [-0.2, 0) is 0 Å². The summed E-state index contributed by atoms with van der Waals surface area (Å²) < 4.78 is 0. The summed E-state index contributed by atoms with van der Waals surface area (Å²) in [4.78, 5) is 4.07. The van der Waals surface area contributed by atoms with E-state index in [1.165, 1.54) is 12.0 Å². The summed E-state index contributed by atoms with van der Waals surface area (Å²) in [5.74, 6) is 0.759. The molecule has 0 aliphatic rings. The van der Waals surface area contributed by atoms with Crippen molar-refractivity contribution >= 4 is 6.34 Å². The molecule has 70 valence electrons. The Hall–Kier alpha value is -0.790. The van der Waals surface area contributed by atoms with Crippen LogP contribution < -0.4 is 5.32 Å². The Bertz CT molecular complexity index is 153. The lowest BCUT2D eigenvalue weighted by molar-refractivity contribution is 0.580. The monoisotopic (exact) mass is 168 g/mol. The lowest BCUT2D eigenvalue weighted by Crippen LogP contribution is -2.14. The Kier molecular flexibility index (Phi) is 6.44. The molecule has 0 unspecified atom stereocenters. The molecule has 0 aromatic heterocycles. The molecule has 12 heavy (non-hydrogen) atoms. The van der Waals surface area contributed by atoms with E-state index in [2.05, 4.69) is 24.2 Å². The smallest absolute Gasteiger partial charge is 0.0878 e. The third-order valence-corrected chi connectivity index (χ3v) is 1.36. The average Bonchev–Trinajstić information content (AvgIpc) is 1.95. The van der Waals surface area contributed by atoms with Crippen molar-refractivity contribution in [3.63, 3.8) is 0 Å². The van der Waals surface area contributed by atoms with Gasteiger partial charge < -0.3 is 5.32 Å². The van der Waals surface area contributed by atoms with E-state index in [0.717, 1.165) is 12.5 Å². The molecule has 0 radical (unpaired) electrons. The number of allylic oxidation sites excluding steroid dienone is 1. The molecule has 0 heterocycles. The first-order valence-corrected chi connectivity index (χ1v) is 4.51. The van der Waals surface area contributed by atoms with Gasteiger partial charge in [0.05, 0.1) is 6.34 Å². The molecular weight excluding hydrogens is 148 g/mol. The quantitative estimate of drug-likeness (QED) is 0.381. The van der Waals surface area contributed by atoms with E-state index in [4.69, 9.17) is 0 Å². The first kappa shape index (κ1) is 11.2. The van der Waals surface area contributed by atoms with Crippen LogP contribution in [0.15, 0.2) is 16.8 Å². The highest BCUT2D eigenvalue weighted by atomic mass is 14.9. The standard InChI is InChI=1S/C10H20N2/c1-9(2)5-6-11-8-12-7-10(3)4/h7-9H,5-6H2,1-4H3,(H,11,12). The zero-order chi connectivity index (χ0) is 9.40. The van der Waals surface area contributed by atoms with E-state index in [1.54, 1.807) is 6.34 Å². The van der Waals surface area contributed by atoms with Crippen molar-refractivity contribution in [1.82, 2.24) is 5.32 Å². The van der Waals surface area contributed by atoms with Crippen LogP contribution in [0, 0.1) is 5.92 Å². The fourth-order valence-corrected chi connectivity index (χ4v) is 0.676. The second-order valence-electron chi connectivity index (χ2n) is 3.62. The Labute approximate surface area is 75.8 Å². The fourth-order valence-electron chi connectivity index (χ4n) is 0.676. The SMILES string of the molecule is CC(C)=C/N=C\NCCC(C)C.